The second-order valence-corrected chi connectivity index (χ2v) is 7.65. The molecular weight excluding hydrogens is 444 g/mol. The zero-order valence-corrected chi connectivity index (χ0v) is 19.8. The van der Waals surface area contributed by atoms with E-state index in [-0.39, 0.29) is 11.4 Å². The number of allylic oxidation sites excluding steroid dienone is 1. The molecule has 0 amide bonds. The first-order valence-electron chi connectivity index (χ1n) is 9.95. The minimum Gasteiger partial charge on any atom is -0.493 e. The molecule has 0 fully saturated rings. The van der Waals surface area contributed by atoms with Crippen LogP contribution in [0, 0.1) is 0 Å². The third-order valence-electron chi connectivity index (χ3n) is 4.69. The number of nitrogens with zero attached hydrogens (tertiary/aromatic N) is 3. The maximum atomic E-state index is 13.1. The van der Waals surface area contributed by atoms with Gasteiger partial charge in [0.05, 0.1) is 28.4 Å². The molecule has 3 rings (SSSR count). The number of thioether (sulfide) groups is 1. The van der Waals surface area contributed by atoms with Crippen molar-refractivity contribution in [3.63, 3.8) is 0 Å². The Hall–Kier alpha value is -3.66. The summed E-state index contributed by atoms with van der Waals surface area (Å²) < 4.78 is 22.7. The molecule has 0 aliphatic rings. The normalized spacial score (nSPS) is 10.4. The monoisotopic (exact) mass is 470 g/mol. The smallest absolute Gasteiger partial charge is 0.297 e. The zero-order chi connectivity index (χ0) is 23.8. The fourth-order valence-electron chi connectivity index (χ4n) is 3.05. The predicted octanol–water partition coefficient (Wildman–Crippen LogP) is 3.89. The average Bonchev–Trinajstić information content (AvgIpc) is 2.85. The number of hydrogen-bond acceptors (Lipinski definition) is 9. The summed E-state index contributed by atoms with van der Waals surface area (Å²) in [5.74, 6) is 3.07. The van der Waals surface area contributed by atoms with Crippen LogP contribution in [0.1, 0.15) is 5.56 Å². The molecule has 0 bridgehead atoms. The number of anilines is 2. The van der Waals surface area contributed by atoms with Gasteiger partial charge in [0, 0.05) is 24.1 Å². The molecule has 0 saturated heterocycles. The molecule has 3 aromatic rings. The summed E-state index contributed by atoms with van der Waals surface area (Å²) in [5.41, 5.74) is 1.30. The number of rotatable bonds is 11. The molecule has 174 valence electrons. The molecule has 33 heavy (non-hydrogen) atoms. The first-order valence-corrected chi connectivity index (χ1v) is 10.9. The highest BCUT2D eigenvalue weighted by Gasteiger charge is 2.14. The van der Waals surface area contributed by atoms with Crippen molar-refractivity contribution in [2.45, 2.75) is 17.5 Å². The van der Waals surface area contributed by atoms with Gasteiger partial charge in [0.2, 0.25) is 5.82 Å². The summed E-state index contributed by atoms with van der Waals surface area (Å²) in [6, 6.07) is 10.9. The molecule has 0 radical (unpaired) electrons. The Morgan fingerprint density at radius 1 is 0.939 bits per heavy atom. The summed E-state index contributed by atoms with van der Waals surface area (Å²) >= 11 is 1.39. The largest absolute Gasteiger partial charge is 0.493 e. The van der Waals surface area contributed by atoms with Crippen LogP contribution in [0.5, 0.6) is 23.0 Å². The van der Waals surface area contributed by atoms with Crippen LogP contribution in [0.4, 0.5) is 11.5 Å². The molecule has 1 aromatic heterocycles. The summed E-state index contributed by atoms with van der Waals surface area (Å²) in [6.07, 6.45) is 1.64. The lowest BCUT2D eigenvalue weighted by molar-refractivity contribution is 0.354. The van der Waals surface area contributed by atoms with E-state index in [0.29, 0.717) is 46.1 Å². The molecule has 0 spiro atoms. The number of aromatic nitrogens is 3. The Bertz CT molecular complexity index is 1180. The second kappa shape index (κ2) is 11.3. The van der Waals surface area contributed by atoms with Crippen LogP contribution in [0.15, 0.2) is 59.0 Å². The molecule has 10 heteroatoms. The van der Waals surface area contributed by atoms with Crippen LogP contribution >= 0.6 is 11.8 Å². The summed E-state index contributed by atoms with van der Waals surface area (Å²) in [5, 5.41) is 11.9. The molecule has 9 nitrogen and oxygen atoms in total. The molecular formula is C23H26N4O5S. The maximum Gasteiger partial charge on any atom is 0.297 e. The van der Waals surface area contributed by atoms with Crippen LogP contribution < -0.4 is 29.8 Å². The Morgan fingerprint density at radius 3 is 2.21 bits per heavy atom. The Kier molecular flexibility index (Phi) is 8.20. The highest BCUT2D eigenvalue weighted by atomic mass is 32.2. The van der Waals surface area contributed by atoms with Gasteiger partial charge in [0.25, 0.3) is 5.56 Å². The Morgan fingerprint density at radius 2 is 1.58 bits per heavy atom. The van der Waals surface area contributed by atoms with Crippen molar-refractivity contribution < 1.29 is 18.9 Å². The predicted molar refractivity (Wildman–Crippen MR) is 128 cm³/mol. The maximum absolute atomic E-state index is 13.1. The topological polar surface area (TPSA) is 96.7 Å². The van der Waals surface area contributed by atoms with Gasteiger partial charge >= 0.3 is 0 Å². The van der Waals surface area contributed by atoms with Gasteiger partial charge in [-0.1, -0.05) is 23.9 Å². The SMILES string of the molecule is C=CCn1c(SCc2ccc(OC)c(OC)c2)nnc(Nc2ccc(OC)c(OC)c2)c1=O. The number of ether oxygens (including phenoxy) is 4. The minimum atomic E-state index is -0.311. The van der Waals surface area contributed by atoms with Crippen LogP contribution in [0.2, 0.25) is 0 Å². The molecule has 1 N–H and O–H groups in total. The molecule has 1 heterocycles. The van der Waals surface area contributed by atoms with Gasteiger partial charge in [0.1, 0.15) is 0 Å². The number of benzene rings is 2. The summed E-state index contributed by atoms with van der Waals surface area (Å²) in [4.78, 5) is 13.1. The van der Waals surface area contributed by atoms with E-state index in [0.717, 1.165) is 5.56 Å². The van der Waals surface area contributed by atoms with Gasteiger partial charge in [-0.05, 0) is 29.8 Å². The minimum absolute atomic E-state index is 0.0968. The highest BCUT2D eigenvalue weighted by molar-refractivity contribution is 7.98. The average molecular weight is 471 g/mol. The van der Waals surface area contributed by atoms with Crippen LogP contribution in [-0.2, 0) is 12.3 Å². The lowest BCUT2D eigenvalue weighted by Gasteiger charge is -2.13. The van der Waals surface area contributed by atoms with E-state index in [1.165, 1.54) is 16.3 Å². The Labute approximate surface area is 196 Å². The Balaban J connectivity index is 1.84. The van der Waals surface area contributed by atoms with E-state index in [4.69, 9.17) is 18.9 Å². The highest BCUT2D eigenvalue weighted by Crippen LogP contribution is 2.31. The van der Waals surface area contributed by atoms with Crippen molar-refractivity contribution in [2.75, 3.05) is 33.8 Å². The van der Waals surface area contributed by atoms with E-state index in [2.05, 4.69) is 22.1 Å². The first kappa shape index (κ1) is 24.0. The van der Waals surface area contributed by atoms with Crippen LogP contribution in [0.3, 0.4) is 0 Å². The van der Waals surface area contributed by atoms with Crippen molar-refractivity contribution in [1.29, 1.82) is 0 Å². The third-order valence-corrected chi connectivity index (χ3v) is 5.73. The molecule has 0 aliphatic carbocycles. The first-order chi connectivity index (χ1) is 16.0. The van der Waals surface area contributed by atoms with E-state index in [9.17, 15) is 4.79 Å². The zero-order valence-electron chi connectivity index (χ0n) is 19.0. The summed E-state index contributed by atoms with van der Waals surface area (Å²) in [7, 11) is 6.28. The fourth-order valence-corrected chi connectivity index (χ4v) is 3.94. The van der Waals surface area contributed by atoms with Crippen molar-refractivity contribution in [3.8, 4) is 23.0 Å². The molecule has 0 aliphatic heterocycles. The van der Waals surface area contributed by atoms with Crippen LogP contribution in [-0.4, -0.2) is 43.2 Å². The number of methoxy groups -OCH3 is 4. The molecule has 0 saturated carbocycles. The standard InChI is InChI=1S/C23H26N4O5S/c1-6-11-27-22(28)21(24-16-8-10-18(30-3)20(13-16)32-5)25-26-23(27)33-14-15-7-9-17(29-2)19(12-15)31-4/h6-10,12-13H,1,11,14H2,2-5H3,(H,24,25). The molecule has 0 unspecified atom stereocenters. The van der Waals surface area contributed by atoms with Gasteiger partial charge in [0.15, 0.2) is 28.2 Å². The van der Waals surface area contributed by atoms with Gasteiger partial charge in [-0.3, -0.25) is 9.36 Å². The van der Waals surface area contributed by atoms with Crippen LogP contribution in [0.25, 0.3) is 0 Å². The van der Waals surface area contributed by atoms with Crippen molar-refractivity contribution in [3.05, 3.63) is 65.0 Å². The van der Waals surface area contributed by atoms with Gasteiger partial charge in [-0.2, -0.15) is 0 Å². The molecule has 0 atom stereocenters. The van der Waals surface area contributed by atoms with E-state index in [1.807, 2.05) is 18.2 Å². The van der Waals surface area contributed by atoms with E-state index in [1.54, 1.807) is 52.7 Å². The van der Waals surface area contributed by atoms with Crippen molar-refractivity contribution >= 4 is 23.3 Å². The van der Waals surface area contributed by atoms with Gasteiger partial charge in [-0.25, -0.2) is 0 Å². The van der Waals surface area contributed by atoms with Crippen molar-refractivity contribution in [1.82, 2.24) is 14.8 Å². The van der Waals surface area contributed by atoms with E-state index < -0.39 is 0 Å². The molecule has 2 aromatic carbocycles. The van der Waals surface area contributed by atoms with Gasteiger partial charge < -0.3 is 24.3 Å². The number of hydrogen-bond donors (Lipinski definition) is 1. The van der Waals surface area contributed by atoms with E-state index >= 15 is 0 Å². The third kappa shape index (κ3) is 5.58. The summed E-state index contributed by atoms with van der Waals surface area (Å²) in [6.45, 7) is 4.05. The quantitative estimate of drug-likeness (QED) is 0.331. The number of nitrogens with one attached hydrogen (secondary N) is 1. The van der Waals surface area contributed by atoms with Gasteiger partial charge in [-0.15, -0.1) is 16.8 Å². The van der Waals surface area contributed by atoms with Crippen molar-refractivity contribution in [2.24, 2.45) is 0 Å². The fraction of sp³-hybridized carbons (Fsp3) is 0.261. The second-order valence-electron chi connectivity index (χ2n) is 6.71. The lowest BCUT2D eigenvalue weighted by atomic mass is 10.2. The lowest BCUT2D eigenvalue weighted by Crippen LogP contribution is -2.26.